The van der Waals surface area contributed by atoms with E-state index >= 15 is 0 Å². The van der Waals surface area contributed by atoms with Crippen LogP contribution in [0, 0.1) is 0 Å². The summed E-state index contributed by atoms with van der Waals surface area (Å²) in [5.41, 5.74) is 3.31. The third-order valence-electron chi connectivity index (χ3n) is 4.20. The molecular weight excluding hydrogens is 290 g/mol. The SMILES string of the molecule is O=C(NC1CCNC1)c1ccc(-c2nccc3occc23)cc1. The van der Waals surface area contributed by atoms with Crippen LogP contribution in [0.2, 0.25) is 0 Å². The molecule has 5 heteroatoms. The van der Waals surface area contributed by atoms with E-state index in [9.17, 15) is 4.79 Å². The molecule has 1 atom stereocenters. The Kier molecular flexibility index (Phi) is 3.55. The summed E-state index contributed by atoms with van der Waals surface area (Å²) >= 11 is 0. The Balaban J connectivity index is 1.58. The number of carbonyl (C=O) groups excluding carboxylic acids is 1. The van der Waals surface area contributed by atoms with Gasteiger partial charge in [-0.1, -0.05) is 12.1 Å². The highest BCUT2D eigenvalue weighted by Gasteiger charge is 2.17. The minimum absolute atomic E-state index is 0.0280. The second-order valence-electron chi connectivity index (χ2n) is 5.73. The highest BCUT2D eigenvalue weighted by atomic mass is 16.3. The first-order chi connectivity index (χ1) is 11.3. The number of benzene rings is 1. The molecule has 3 aromatic rings. The van der Waals surface area contributed by atoms with Gasteiger partial charge >= 0.3 is 0 Å². The van der Waals surface area contributed by atoms with Crippen molar-refractivity contribution >= 4 is 16.9 Å². The van der Waals surface area contributed by atoms with Gasteiger partial charge in [0.15, 0.2) is 0 Å². The molecule has 1 amide bonds. The van der Waals surface area contributed by atoms with Gasteiger partial charge in [0.2, 0.25) is 0 Å². The van der Waals surface area contributed by atoms with Gasteiger partial charge in [0.25, 0.3) is 5.91 Å². The lowest BCUT2D eigenvalue weighted by Crippen LogP contribution is -2.36. The number of nitrogens with one attached hydrogen (secondary N) is 2. The zero-order valence-corrected chi connectivity index (χ0v) is 12.6. The fourth-order valence-electron chi connectivity index (χ4n) is 2.95. The maximum atomic E-state index is 12.2. The van der Waals surface area contributed by atoms with Gasteiger partial charge in [-0.15, -0.1) is 0 Å². The van der Waals surface area contributed by atoms with E-state index in [1.54, 1.807) is 12.5 Å². The van der Waals surface area contributed by atoms with Crippen LogP contribution in [0.4, 0.5) is 0 Å². The number of aromatic nitrogens is 1. The summed E-state index contributed by atoms with van der Waals surface area (Å²) in [6, 6.07) is 11.5. The van der Waals surface area contributed by atoms with E-state index in [0.29, 0.717) is 5.56 Å². The fraction of sp³-hybridized carbons (Fsp3) is 0.222. The van der Waals surface area contributed by atoms with Gasteiger partial charge in [-0.05, 0) is 37.2 Å². The van der Waals surface area contributed by atoms with Crippen molar-refractivity contribution in [3.05, 3.63) is 54.4 Å². The standard InChI is InChI=1S/C18H17N3O2/c22-18(21-14-5-8-19-11-14)13-3-1-12(2-4-13)17-15-7-10-23-16(15)6-9-20-17/h1-4,6-7,9-10,14,19H,5,8,11H2,(H,21,22). The van der Waals surface area contributed by atoms with Gasteiger partial charge in [0.1, 0.15) is 5.58 Å². The number of rotatable bonds is 3. The van der Waals surface area contributed by atoms with Crippen LogP contribution in [0.15, 0.2) is 53.3 Å². The number of hydrogen-bond acceptors (Lipinski definition) is 4. The first kappa shape index (κ1) is 14.0. The smallest absolute Gasteiger partial charge is 0.251 e. The average Bonchev–Trinajstić information content (AvgIpc) is 3.25. The summed E-state index contributed by atoms with van der Waals surface area (Å²) in [6.45, 7) is 1.81. The summed E-state index contributed by atoms with van der Waals surface area (Å²) in [4.78, 5) is 16.7. The molecule has 5 nitrogen and oxygen atoms in total. The van der Waals surface area contributed by atoms with Crippen molar-refractivity contribution in [2.75, 3.05) is 13.1 Å². The van der Waals surface area contributed by atoms with Crippen LogP contribution in [0.5, 0.6) is 0 Å². The Hall–Kier alpha value is -2.66. The molecule has 1 saturated heterocycles. The molecule has 1 unspecified atom stereocenters. The summed E-state index contributed by atoms with van der Waals surface area (Å²) in [6.07, 6.45) is 4.37. The number of hydrogen-bond donors (Lipinski definition) is 2. The summed E-state index contributed by atoms with van der Waals surface area (Å²) in [5.74, 6) is -0.0280. The van der Waals surface area contributed by atoms with E-state index in [-0.39, 0.29) is 11.9 Å². The number of pyridine rings is 1. The minimum Gasteiger partial charge on any atom is -0.464 e. The molecule has 0 bridgehead atoms. The van der Waals surface area contributed by atoms with Crippen LogP contribution in [-0.2, 0) is 0 Å². The molecule has 1 aromatic carbocycles. The van der Waals surface area contributed by atoms with Gasteiger partial charge in [-0.3, -0.25) is 9.78 Å². The van der Waals surface area contributed by atoms with Gasteiger partial charge in [0.05, 0.1) is 12.0 Å². The zero-order valence-electron chi connectivity index (χ0n) is 12.6. The summed E-state index contributed by atoms with van der Waals surface area (Å²) < 4.78 is 5.41. The number of carbonyl (C=O) groups is 1. The van der Waals surface area contributed by atoms with Crippen molar-refractivity contribution in [3.8, 4) is 11.3 Å². The number of nitrogens with zero attached hydrogens (tertiary/aromatic N) is 1. The zero-order chi connectivity index (χ0) is 15.6. The monoisotopic (exact) mass is 307 g/mol. The third-order valence-corrected chi connectivity index (χ3v) is 4.20. The molecule has 4 rings (SSSR count). The van der Waals surface area contributed by atoms with Crippen LogP contribution in [0.1, 0.15) is 16.8 Å². The first-order valence-corrected chi connectivity index (χ1v) is 7.75. The fourth-order valence-corrected chi connectivity index (χ4v) is 2.95. The van der Waals surface area contributed by atoms with Crippen LogP contribution in [-0.4, -0.2) is 30.0 Å². The van der Waals surface area contributed by atoms with Crippen LogP contribution < -0.4 is 10.6 Å². The Morgan fingerprint density at radius 3 is 2.87 bits per heavy atom. The molecule has 116 valence electrons. The molecule has 23 heavy (non-hydrogen) atoms. The largest absolute Gasteiger partial charge is 0.464 e. The van der Waals surface area contributed by atoms with E-state index in [2.05, 4.69) is 15.6 Å². The highest BCUT2D eigenvalue weighted by molar-refractivity contribution is 5.96. The lowest BCUT2D eigenvalue weighted by molar-refractivity contribution is 0.0940. The Morgan fingerprint density at radius 1 is 1.22 bits per heavy atom. The molecule has 1 aliphatic rings. The average molecular weight is 307 g/mol. The van der Waals surface area contributed by atoms with E-state index < -0.39 is 0 Å². The van der Waals surface area contributed by atoms with E-state index in [0.717, 1.165) is 41.7 Å². The quantitative estimate of drug-likeness (QED) is 0.780. The lowest BCUT2D eigenvalue weighted by Gasteiger charge is -2.11. The normalized spacial score (nSPS) is 17.5. The first-order valence-electron chi connectivity index (χ1n) is 7.75. The van der Waals surface area contributed by atoms with Crippen molar-refractivity contribution in [2.24, 2.45) is 0 Å². The maximum Gasteiger partial charge on any atom is 0.251 e. The molecule has 1 fully saturated rings. The summed E-state index contributed by atoms with van der Waals surface area (Å²) in [5, 5.41) is 7.26. The Labute approximate surface area is 133 Å². The number of amides is 1. The highest BCUT2D eigenvalue weighted by Crippen LogP contribution is 2.27. The molecule has 2 N–H and O–H groups in total. The molecule has 0 spiro atoms. The maximum absolute atomic E-state index is 12.2. The van der Waals surface area contributed by atoms with Crippen molar-refractivity contribution < 1.29 is 9.21 Å². The predicted octanol–water partition coefficient (Wildman–Crippen LogP) is 2.59. The molecule has 3 heterocycles. The summed E-state index contributed by atoms with van der Waals surface area (Å²) in [7, 11) is 0. The van der Waals surface area contributed by atoms with Crippen molar-refractivity contribution in [1.29, 1.82) is 0 Å². The van der Waals surface area contributed by atoms with Gasteiger partial charge in [-0.25, -0.2) is 0 Å². The topological polar surface area (TPSA) is 67.2 Å². The molecule has 0 radical (unpaired) electrons. The van der Waals surface area contributed by atoms with Gasteiger partial charge in [0, 0.05) is 35.3 Å². The molecule has 0 saturated carbocycles. The molecule has 0 aliphatic carbocycles. The number of furan rings is 1. The van der Waals surface area contributed by atoms with Gasteiger partial charge in [-0.2, -0.15) is 0 Å². The van der Waals surface area contributed by atoms with E-state index in [4.69, 9.17) is 4.42 Å². The molecule has 1 aliphatic heterocycles. The van der Waals surface area contributed by atoms with Crippen molar-refractivity contribution in [2.45, 2.75) is 12.5 Å². The predicted molar refractivity (Wildman–Crippen MR) is 88.2 cm³/mol. The van der Waals surface area contributed by atoms with Crippen LogP contribution in [0.25, 0.3) is 22.2 Å². The second kappa shape index (κ2) is 5.85. The molecule has 2 aromatic heterocycles. The van der Waals surface area contributed by atoms with E-state index in [1.807, 2.05) is 36.4 Å². The lowest BCUT2D eigenvalue weighted by atomic mass is 10.1. The molecular formula is C18H17N3O2. The minimum atomic E-state index is -0.0280. The van der Waals surface area contributed by atoms with Crippen LogP contribution >= 0.6 is 0 Å². The third kappa shape index (κ3) is 2.71. The second-order valence-corrected chi connectivity index (χ2v) is 5.73. The Morgan fingerprint density at radius 2 is 2.09 bits per heavy atom. The van der Waals surface area contributed by atoms with Gasteiger partial charge < -0.3 is 15.1 Å². The van der Waals surface area contributed by atoms with Crippen molar-refractivity contribution in [1.82, 2.24) is 15.6 Å². The number of fused-ring (bicyclic) bond motifs is 1. The van der Waals surface area contributed by atoms with E-state index in [1.165, 1.54) is 0 Å². The van der Waals surface area contributed by atoms with Crippen molar-refractivity contribution in [3.63, 3.8) is 0 Å². The van der Waals surface area contributed by atoms with Crippen LogP contribution in [0.3, 0.4) is 0 Å². The Bertz CT molecular complexity index is 833.